The third kappa shape index (κ3) is 5.05. The summed E-state index contributed by atoms with van der Waals surface area (Å²) in [7, 11) is -2.02. The monoisotopic (exact) mass is 354 g/mol. The number of carbonyl (C=O) groups is 1. The third-order valence-electron chi connectivity index (χ3n) is 3.09. The van der Waals surface area contributed by atoms with Crippen molar-refractivity contribution < 1.29 is 17.9 Å². The number of ether oxygens (including phenoxy) is 1. The van der Waals surface area contributed by atoms with Crippen LogP contribution in [0, 0.1) is 0 Å². The molecular weight excluding hydrogens is 336 g/mol. The van der Waals surface area contributed by atoms with Crippen molar-refractivity contribution in [2.45, 2.75) is 10.6 Å². The molecule has 2 rings (SSSR count). The van der Waals surface area contributed by atoms with Gasteiger partial charge in [-0.2, -0.15) is 0 Å². The van der Waals surface area contributed by atoms with Gasteiger partial charge >= 0.3 is 0 Å². The van der Waals surface area contributed by atoms with E-state index in [1.807, 2.05) is 24.3 Å². The molecule has 0 saturated heterocycles. The standard InChI is InChI=1S/C15H18N2O4S2/c1-21-13-6-3-2-5-12(13)8-9-16-14(18)11-17-23(19,20)15-7-4-10-22-15/h2-7,10,17H,8-9,11H2,1H3,(H,16,18). The lowest BCUT2D eigenvalue weighted by molar-refractivity contribution is -0.119. The number of sulfonamides is 1. The number of amides is 1. The molecule has 1 amide bonds. The van der Waals surface area contributed by atoms with E-state index in [1.165, 1.54) is 6.07 Å². The van der Waals surface area contributed by atoms with Gasteiger partial charge < -0.3 is 10.1 Å². The molecule has 1 heterocycles. The zero-order chi connectivity index (χ0) is 16.7. The summed E-state index contributed by atoms with van der Waals surface area (Å²) in [6.45, 7) is 0.117. The van der Waals surface area contributed by atoms with E-state index in [-0.39, 0.29) is 16.7 Å². The maximum absolute atomic E-state index is 11.9. The number of benzene rings is 1. The molecule has 0 bridgehead atoms. The summed E-state index contributed by atoms with van der Waals surface area (Å²) in [4.78, 5) is 11.7. The first kappa shape index (κ1) is 17.5. The highest BCUT2D eigenvalue weighted by Gasteiger charge is 2.16. The van der Waals surface area contributed by atoms with Crippen molar-refractivity contribution >= 4 is 27.3 Å². The quantitative estimate of drug-likeness (QED) is 0.750. The predicted octanol–water partition coefficient (Wildman–Crippen LogP) is 1.39. The zero-order valence-corrected chi connectivity index (χ0v) is 14.2. The first-order valence-corrected chi connectivity index (χ1v) is 9.31. The Hall–Kier alpha value is -1.90. The van der Waals surface area contributed by atoms with Crippen molar-refractivity contribution in [2.75, 3.05) is 20.2 Å². The predicted molar refractivity (Wildman–Crippen MR) is 89.2 cm³/mol. The molecule has 6 nitrogen and oxygen atoms in total. The second kappa shape index (κ2) is 8.09. The topological polar surface area (TPSA) is 84.5 Å². The Morgan fingerprint density at radius 2 is 2.00 bits per heavy atom. The minimum absolute atomic E-state index is 0.194. The summed E-state index contributed by atoms with van der Waals surface area (Å²) >= 11 is 1.10. The van der Waals surface area contributed by atoms with E-state index in [2.05, 4.69) is 10.0 Å². The molecule has 2 N–H and O–H groups in total. The van der Waals surface area contributed by atoms with E-state index >= 15 is 0 Å². The molecule has 0 aliphatic carbocycles. The number of hydrogen-bond donors (Lipinski definition) is 2. The second-order valence-corrected chi connectivity index (χ2v) is 7.61. The Balaban J connectivity index is 1.78. The fourth-order valence-electron chi connectivity index (χ4n) is 1.96. The fourth-order valence-corrected chi connectivity index (χ4v) is 3.98. The molecule has 1 aromatic heterocycles. The van der Waals surface area contributed by atoms with Gasteiger partial charge in [0.2, 0.25) is 5.91 Å². The van der Waals surface area contributed by atoms with Crippen molar-refractivity contribution in [1.82, 2.24) is 10.0 Å². The molecule has 0 unspecified atom stereocenters. The van der Waals surface area contributed by atoms with Gasteiger partial charge in [-0.3, -0.25) is 4.79 Å². The Morgan fingerprint density at radius 3 is 2.70 bits per heavy atom. The highest BCUT2D eigenvalue weighted by atomic mass is 32.2. The Bertz CT molecular complexity index is 743. The van der Waals surface area contributed by atoms with E-state index in [0.717, 1.165) is 22.6 Å². The Kier molecular flexibility index (Phi) is 6.14. The van der Waals surface area contributed by atoms with E-state index in [0.29, 0.717) is 13.0 Å². The van der Waals surface area contributed by atoms with Gasteiger partial charge in [0.1, 0.15) is 9.96 Å². The molecule has 8 heteroatoms. The minimum Gasteiger partial charge on any atom is -0.496 e. The molecule has 0 spiro atoms. The van der Waals surface area contributed by atoms with Crippen LogP contribution in [-0.4, -0.2) is 34.5 Å². The van der Waals surface area contributed by atoms with Crippen molar-refractivity contribution in [3.63, 3.8) is 0 Å². The number of hydrogen-bond acceptors (Lipinski definition) is 5. The molecule has 0 aliphatic heterocycles. The summed E-state index contributed by atoms with van der Waals surface area (Å²) < 4.78 is 31.5. The van der Waals surface area contributed by atoms with E-state index < -0.39 is 10.0 Å². The van der Waals surface area contributed by atoms with Crippen LogP contribution < -0.4 is 14.8 Å². The van der Waals surface area contributed by atoms with Crippen LogP contribution in [0.1, 0.15) is 5.56 Å². The van der Waals surface area contributed by atoms with Gasteiger partial charge in [0.05, 0.1) is 13.7 Å². The largest absolute Gasteiger partial charge is 0.496 e. The van der Waals surface area contributed by atoms with Crippen LogP contribution in [0.5, 0.6) is 5.75 Å². The van der Waals surface area contributed by atoms with Gasteiger partial charge in [-0.25, -0.2) is 13.1 Å². The number of carbonyl (C=O) groups excluding carboxylic acids is 1. The molecule has 0 aliphatic rings. The number of nitrogens with one attached hydrogen (secondary N) is 2. The van der Waals surface area contributed by atoms with Gasteiger partial charge in [-0.1, -0.05) is 24.3 Å². The van der Waals surface area contributed by atoms with Crippen LogP contribution in [0.25, 0.3) is 0 Å². The van der Waals surface area contributed by atoms with Crippen molar-refractivity contribution in [1.29, 1.82) is 0 Å². The van der Waals surface area contributed by atoms with E-state index in [1.54, 1.807) is 18.6 Å². The molecule has 124 valence electrons. The minimum atomic E-state index is -3.61. The lowest BCUT2D eigenvalue weighted by Crippen LogP contribution is -2.37. The highest BCUT2D eigenvalue weighted by Crippen LogP contribution is 2.17. The Labute approximate surface area is 139 Å². The van der Waals surface area contributed by atoms with Gasteiger partial charge in [-0.05, 0) is 29.5 Å². The van der Waals surface area contributed by atoms with E-state index in [4.69, 9.17) is 4.74 Å². The average molecular weight is 354 g/mol. The highest BCUT2D eigenvalue weighted by molar-refractivity contribution is 7.91. The summed E-state index contributed by atoms with van der Waals surface area (Å²) in [5, 5.41) is 4.35. The van der Waals surface area contributed by atoms with Gasteiger partial charge in [-0.15, -0.1) is 11.3 Å². The lowest BCUT2D eigenvalue weighted by Gasteiger charge is -2.09. The molecule has 0 fully saturated rings. The SMILES string of the molecule is COc1ccccc1CCNC(=O)CNS(=O)(=O)c1cccs1. The molecule has 0 atom stereocenters. The Morgan fingerprint density at radius 1 is 1.22 bits per heavy atom. The van der Waals surface area contributed by atoms with Crippen molar-refractivity contribution in [3.8, 4) is 5.75 Å². The molecule has 0 saturated carbocycles. The number of methoxy groups -OCH3 is 1. The van der Waals surface area contributed by atoms with Gasteiger partial charge in [0.25, 0.3) is 10.0 Å². The molecule has 2 aromatic rings. The van der Waals surface area contributed by atoms with Gasteiger partial charge in [0.15, 0.2) is 0 Å². The van der Waals surface area contributed by atoms with Crippen LogP contribution in [-0.2, 0) is 21.2 Å². The summed E-state index contributed by atoms with van der Waals surface area (Å²) in [5.74, 6) is 0.389. The van der Waals surface area contributed by atoms with Crippen molar-refractivity contribution in [3.05, 3.63) is 47.3 Å². The molecule has 0 radical (unpaired) electrons. The van der Waals surface area contributed by atoms with Crippen LogP contribution in [0.3, 0.4) is 0 Å². The summed E-state index contributed by atoms with van der Waals surface area (Å²) in [6, 6.07) is 10.7. The van der Waals surface area contributed by atoms with Gasteiger partial charge in [0, 0.05) is 6.54 Å². The third-order valence-corrected chi connectivity index (χ3v) is 5.89. The summed E-state index contributed by atoms with van der Waals surface area (Å²) in [5.41, 5.74) is 0.981. The number of para-hydroxylation sites is 1. The van der Waals surface area contributed by atoms with Crippen molar-refractivity contribution in [2.24, 2.45) is 0 Å². The van der Waals surface area contributed by atoms with E-state index in [9.17, 15) is 13.2 Å². The maximum atomic E-state index is 11.9. The number of thiophene rings is 1. The zero-order valence-electron chi connectivity index (χ0n) is 12.6. The lowest BCUT2D eigenvalue weighted by atomic mass is 10.1. The van der Waals surface area contributed by atoms with Crippen LogP contribution in [0.2, 0.25) is 0 Å². The van der Waals surface area contributed by atoms with Crippen LogP contribution in [0.4, 0.5) is 0 Å². The second-order valence-electron chi connectivity index (χ2n) is 4.67. The normalized spacial score (nSPS) is 11.2. The summed E-state index contributed by atoms with van der Waals surface area (Å²) in [6.07, 6.45) is 0.605. The molecular formula is C15H18N2O4S2. The molecule has 1 aromatic carbocycles. The first-order chi connectivity index (χ1) is 11.0. The fraction of sp³-hybridized carbons (Fsp3) is 0.267. The first-order valence-electron chi connectivity index (χ1n) is 6.94. The average Bonchev–Trinajstić information content (AvgIpc) is 3.09. The van der Waals surface area contributed by atoms with Crippen LogP contribution in [0.15, 0.2) is 46.0 Å². The maximum Gasteiger partial charge on any atom is 0.250 e. The smallest absolute Gasteiger partial charge is 0.250 e. The molecule has 23 heavy (non-hydrogen) atoms. The number of rotatable bonds is 8. The van der Waals surface area contributed by atoms with Crippen LogP contribution >= 0.6 is 11.3 Å².